The monoisotopic (exact) mass is 298 g/mol. The number of rotatable bonds is 8. The Morgan fingerprint density at radius 2 is 1.64 bits per heavy atom. The van der Waals surface area contributed by atoms with Crippen molar-refractivity contribution >= 4 is 5.97 Å². The molecule has 116 valence electrons. The van der Waals surface area contributed by atoms with Gasteiger partial charge >= 0.3 is 5.97 Å². The Bertz CT molecular complexity index is 551. The van der Waals surface area contributed by atoms with Crippen LogP contribution in [-0.4, -0.2) is 12.6 Å². The number of carbonyl (C=O) groups excluding carboxylic acids is 1. The van der Waals surface area contributed by atoms with Gasteiger partial charge in [0.05, 0.1) is 0 Å². The normalized spacial score (nSPS) is 11.9. The second kappa shape index (κ2) is 9.00. The minimum absolute atomic E-state index is 0.264. The maximum Gasteiger partial charge on any atom is 0.340 e. The van der Waals surface area contributed by atoms with Crippen LogP contribution in [0.3, 0.4) is 0 Å². The molecule has 0 aliphatic rings. The van der Waals surface area contributed by atoms with Crippen LogP contribution in [0, 0.1) is 0 Å². The van der Waals surface area contributed by atoms with Crippen molar-refractivity contribution in [2.45, 2.75) is 32.5 Å². The maximum atomic E-state index is 12.4. The number of hydrogen-bond acceptors (Lipinski definition) is 3. The van der Waals surface area contributed by atoms with Gasteiger partial charge in [-0.15, -0.1) is 0 Å². The lowest BCUT2D eigenvalue weighted by Gasteiger charge is -2.17. The largest absolute Gasteiger partial charge is 0.459 e. The molecule has 0 aliphatic heterocycles. The Labute approximate surface area is 131 Å². The first kappa shape index (κ1) is 16.2. The molecule has 0 heterocycles. The second-order valence-corrected chi connectivity index (χ2v) is 5.11. The molecule has 2 aromatic carbocycles. The summed E-state index contributed by atoms with van der Waals surface area (Å²) >= 11 is 0. The summed E-state index contributed by atoms with van der Waals surface area (Å²) in [7, 11) is 0. The molecule has 0 saturated carbocycles. The molecule has 2 rings (SSSR count). The summed E-state index contributed by atoms with van der Waals surface area (Å²) in [4.78, 5) is 12.4. The predicted octanol–water partition coefficient (Wildman–Crippen LogP) is 4.29. The van der Waals surface area contributed by atoms with E-state index >= 15 is 0 Å². The highest BCUT2D eigenvalue weighted by atomic mass is 16.6. The van der Waals surface area contributed by atoms with E-state index in [4.69, 9.17) is 9.47 Å². The summed E-state index contributed by atoms with van der Waals surface area (Å²) in [5.74, 6) is -0.342. The van der Waals surface area contributed by atoms with E-state index in [1.54, 1.807) is 0 Å². The third kappa shape index (κ3) is 5.01. The van der Waals surface area contributed by atoms with E-state index in [0.29, 0.717) is 6.61 Å². The number of benzene rings is 2. The summed E-state index contributed by atoms with van der Waals surface area (Å²) in [6, 6.07) is 19.2. The van der Waals surface area contributed by atoms with E-state index in [0.717, 1.165) is 24.0 Å². The van der Waals surface area contributed by atoms with Gasteiger partial charge in [0.1, 0.15) is 6.61 Å². The zero-order valence-corrected chi connectivity index (χ0v) is 12.9. The van der Waals surface area contributed by atoms with Crippen molar-refractivity contribution in [3.8, 4) is 0 Å². The van der Waals surface area contributed by atoms with Gasteiger partial charge in [-0.05, 0) is 17.5 Å². The van der Waals surface area contributed by atoms with Crippen LogP contribution in [-0.2, 0) is 20.9 Å². The average Bonchev–Trinajstić information content (AvgIpc) is 2.58. The third-order valence-corrected chi connectivity index (χ3v) is 3.32. The lowest BCUT2D eigenvalue weighted by Crippen LogP contribution is -2.19. The predicted molar refractivity (Wildman–Crippen MR) is 86.3 cm³/mol. The Hall–Kier alpha value is -2.13. The molecule has 0 unspecified atom stereocenters. The van der Waals surface area contributed by atoms with Crippen molar-refractivity contribution in [3.05, 3.63) is 71.8 Å². The van der Waals surface area contributed by atoms with Crippen LogP contribution in [0.1, 0.15) is 37.0 Å². The van der Waals surface area contributed by atoms with E-state index in [2.05, 4.69) is 6.92 Å². The van der Waals surface area contributed by atoms with Crippen LogP contribution in [0.4, 0.5) is 0 Å². The van der Waals surface area contributed by atoms with E-state index in [9.17, 15) is 4.79 Å². The first-order valence-corrected chi connectivity index (χ1v) is 7.68. The molecule has 22 heavy (non-hydrogen) atoms. The van der Waals surface area contributed by atoms with Crippen molar-refractivity contribution in [1.82, 2.24) is 0 Å². The number of carbonyl (C=O) groups is 1. The lowest BCUT2D eigenvalue weighted by molar-refractivity contribution is -0.159. The van der Waals surface area contributed by atoms with E-state index in [1.165, 1.54) is 0 Å². The molecule has 2 aromatic rings. The standard InChI is InChI=1S/C19H22O3/c1-2-3-14-21-18(17-12-8-5-9-13-17)19(20)22-15-16-10-6-4-7-11-16/h4-13,18H,2-3,14-15H2,1H3/t18-/m1/s1. The molecule has 0 aromatic heterocycles. The van der Waals surface area contributed by atoms with Crippen molar-refractivity contribution in [3.63, 3.8) is 0 Å². The minimum Gasteiger partial charge on any atom is -0.459 e. The Kier molecular flexibility index (Phi) is 6.65. The molecule has 0 bridgehead atoms. The highest BCUT2D eigenvalue weighted by molar-refractivity contribution is 5.76. The molecule has 0 N–H and O–H groups in total. The van der Waals surface area contributed by atoms with E-state index in [1.807, 2.05) is 60.7 Å². The third-order valence-electron chi connectivity index (χ3n) is 3.32. The lowest BCUT2D eigenvalue weighted by atomic mass is 10.1. The molecule has 0 amide bonds. The number of esters is 1. The zero-order valence-electron chi connectivity index (χ0n) is 12.9. The van der Waals surface area contributed by atoms with Crippen LogP contribution < -0.4 is 0 Å². The van der Waals surface area contributed by atoms with Gasteiger partial charge < -0.3 is 9.47 Å². The summed E-state index contributed by atoms with van der Waals surface area (Å²) in [5, 5.41) is 0. The average molecular weight is 298 g/mol. The topological polar surface area (TPSA) is 35.5 Å². The SMILES string of the molecule is CCCCO[C@@H](C(=O)OCc1ccccc1)c1ccccc1. The second-order valence-electron chi connectivity index (χ2n) is 5.11. The maximum absolute atomic E-state index is 12.4. The molecule has 3 nitrogen and oxygen atoms in total. The fourth-order valence-corrected chi connectivity index (χ4v) is 2.08. The highest BCUT2D eigenvalue weighted by Crippen LogP contribution is 2.20. The molecule has 3 heteroatoms. The Balaban J connectivity index is 1.99. The summed E-state index contributed by atoms with van der Waals surface area (Å²) in [5.41, 5.74) is 1.80. The van der Waals surface area contributed by atoms with Crippen molar-refractivity contribution in [1.29, 1.82) is 0 Å². The van der Waals surface area contributed by atoms with Gasteiger partial charge in [0, 0.05) is 6.61 Å². The van der Waals surface area contributed by atoms with Crippen LogP contribution in [0.15, 0.2) is 60.7 Å². The van der Waals surface area contributed by atoms with Crippen molar-refractivity contribution < 1.29 is 14.3 Å². The zero-order chi connectivity index (χ0) is 15.6. The fourth-order valence-electron chi connectivity index (χ4n) is 2.08. The first-order valence-electron chi connectivity index (χ1n) is 7.68. The van der Waals surface area contributed by atoms with Gasteiger partial charge in [-0.1, -0.05) is 74.0 Å². The van der Waals surface area contributed by atoms with Crippen LogP contribution >= 0.6 is 0 Å². The number of hydrogen-bond donors (Lipinski definition) is 0. The van der Waals surface area contributed by atoms with Gasteiger partial charge in [-0.25, -0.2) is 4.79 Å². The van der Waals surface area contributed by atoms with Gasteiger partial charge in [0.25, 0.3) is 0 Å². The van der Waals surface area contributed by atoms with E-state index < -0.39 is 6.10 Å². The smallest absolute Gasteiger partial charge is 0.340 e. The van der Waals surface area contributed by atoms with Gasteiger partial charge in [0.2, 0.25) is 0 Å². The van der Waals surface area contributed by atoms with Crippen LogP contribution in [0.2, 0.25) is 0 Å². The molecule has 1 atom stereocenters. The van der Waals surface area contributed by atoms with Crippen molar-refractivity contribution in [2.75, 3.05) is 6.61 Å². The van der Waals surface area contributed by atoms with Gasteiger partial charge in [0.15, 0.2) is 6.10 Å². The molecule has 0 radical (unpaired) electrons. The first-order chi connectivity index (χ1) is 10.8. The Morgan fingerprint density at radius 1 is 1.00 bits per heavy atom. The highest BCUT2D eigenvalue weighted by Gasteiger charge is 2.22. The molecule has 0 saturated heterocycles. The van der Waals surface area contributed by atoms with Crippen LogP contribution in [0.5, 0.6) is 0 Å². The van der Waals surface area contributed by atoms with Crippen molar-refractivity contribution in [2.24, 2.45) is 0 Å². The molecule has 0 aliphatic carbocycles. The summed E-state index contributed by atoms with van der Waals surface area (Å²) in [6.07, 6.45) is 1.30. The number of ether oxygens (including phenoxy) is 2. The molecule has 0 spiro atoms. The van der Waals surface area contributed by atoms with E-state index in [-0.39, 0.29) is 12.6 Å². The van der Waals surface area contributed by atoms with Gasteiger partial charge in [-0.2, -0.15) is 0 Å². The minimum atomic E-state index is -0.656. The molecular weight excluding hydrogens is 276 g/mol. The number of unbranched alkanes of at least 4 members (excludes halogenated alkanes) is 1. The summed E-state index contributed by atoms with van der Waals surface area (Å²) < 4.78 is 11.2. The van der Waals surface area contributed by atoms with Gasteiger partial charge in [-0.3, -0.25) is 0 Å². The van der Waals surface area contributed by atoms with Crippen LogP contribution in [0.25, 0.3) is 0 Å². The molecule has 0 fully saturated rings. The summed E-state index contributed by atoms with van der Waals surface area (Å²) in [6.45, 7) is 2.91. The molecular formula is C19H22O3. The fraction of sp³-hybridized carbons (Fsp3) is 0.316. The Morgan fingerprint density at radius 3 is 2.27 bits per heavy atom. The quantitative estimate of drug-likeness (QED) is 0.539.